The minimum Gasteiger partial charge on any atom is -0.347 e. The fraction of sp³-hybridized carbons (Fsp3) is 0.368. The van der Waals surface area contributed by atoms with Crippen molar-refractivity contribution >= 4 is 38.9 Å². The van der Waals surface area contributed by atoms with Crippen LogP contribution in [0.15, 0.2) is 35.1 Å². The first-order valence-electron chi connectivity index (χ1n) is 9.18. The highest BCUT2D eigenvalue weighted by Gasteiger charge is 2.22. The second kappa shape index (κ2) is 7.89. The summed E-state index contributed by atoms with van der Waals surface area (Å²) in [4.78, 5) is 31.4. The van der Waals surface area contributed by atoms with Gasteiger partial charge < -0.3 is 10.2 Å². The van der Waals surface area contributed by atoms with Gasteiger partial charge in [0, 0.05) is 30.7 Å². The first kappa shape index (κ1) is 18.9. The van der Waals surface area contributed by atoms with E-state index in [-0.39, 0.29) is 11.6 Å². The summed E-state index contributed by atoms with van der Waals surface area (Å²) >= 11 is 7.22. The van der Waals surface area contributed by atoms with Gasteiger partial charge in [-0.05, 0) is 36.5 Å². The van der Waals surface area contributed by atoms with Crippen LogP contribution in [0.25, 0.3) is 4.96 Å². The Balaban J connectivity index is 1.59. The highest BCUT2D eigenvalue weighted by atomic mass is 35.5. The third-order valence-corrected chi connectivity index (χ3v) is 5.99. The number of fused-ring (bicyclic) bond motifs is 1. The standard InChI is InChI=1S/C19H20ClN5O2S/c1-12-3-2-8-24(11-12)19-23-25-15(9-16(26)22-18(25)28-19)17(27)21-10-13-4-6-14(20)7-5-13/h4-7,9,12H,2-3,8,10-11H2,1H3,(H,21,27). The quantitative estimate of drug-likeness (QED) is 0.705. The summed E-state index contributed by atoms with van der Waals surface area (Å²) in [5, 5.41) is 8.84. The molecule has 4 rings (SSSR count). The number of nitrogens with one attached hydrogen (secondary N) is 1. The maximum atomic E-state index is 12.7. The lowest BCUT2D eigenvalue weighted by Crippen LogP contribution is -2.34. The molecular weight excluding hydrogens is 398 g/mol. The number of halogens is 1. The number of carbonyl (C=O) groups excluding carboxylic acids is 1. The molecule has 1 N–H and O–H groups in total. The van der Waals surface area contributed by atoms with Crippen molar-refractivity contribution in [2.75, 3.05) is 18.0 Å². The number of hydrogen-bond acceptors (Lipinski definition) is 6. The molecule has 0 bridgehead atoms. The Labute approximate surface area is 171 Å². The Morgan fingerprint density at radius 1 is 1.36 bits per heavy atom. The Bertz CT molecular complexity index is 1060. The van der Waals surface area contributed by atoms with Crippen molar-refractivity contribution < 1.29 is 4.79 Å². The van der Waals surface area contributed by atoms with E-state index in [0.717, 1.165) is 30.2 Å². The molecule has 0 spiro atoms. The van der Waals surface area contributed by atoms with Crippen LogP contribution in [0.3, 0.4) is 0 Å². The van der Waals surface area contributed by atoms with Crippen LogP contribution in [0.5, 0.6) is 0 Å². The van der Waals surface area contributed by atoms with Gasteiger partial charge in [-0.3, -0.25) is 9.59 Å². The van der Waals surface area contributed by atoms with E-state index < -0.39 is 5.56 Å². The molecule has 1 saturated heterocycles. The number of amides is 1. The third kappa shape index (κ3) is 4.02. The van der Waals surface area contributed by atoms with E-state index in [4.69, 9.17) is 11.6 Å². The zero-order valence-corrected chi connectivity index (χ0v) is 17.0. The van der Waals surface area contributed by atoms with E-state index >= 15 is 0 Å². The second-order valence-corrected chi connectivity index (χ2v) is 8.43. The minimum atomic E-state index is -0.446. The molecule has 1 fully saturated rings. The van der Waals surface area contributed by atoms with Crippen LogP contribution in [0.1, 0.15) is 35.8 Å². The van der Waals surface area contributed by atoms with Gasteiger partial charge in [-0.25, -0.2) is 0 Å². The fourth-order valence-electron chi connectivity index (χ4n) is 3.33. The smallest absolute Gasteiger partial charge is 0.274 e. The van der Waals surface area contributed by atoms with E-state index in [0.29, 0.717) is 22.4 Å². The Hall–Kier alpha value is -2.45. The van der Waals surface area contributed by atoms with Crippen molar-refractivity contribution in [3.8, 4) is 0 Å². The monoisotopic (exact) mass is 417 g/mol. The lowest BCUT2D eigenvalue weighted by Gasteiger charge is -2.30. The highest BCUT2D eigenvalue weighted by Crippen LogP contribution is 2.27. The average Bonchev–Trinajstić information content (AvgIpc) is 3.10. The van der Waals surface area contributed by atoms with Crippen molar-refractivity contribution in [2.24, 2.45) is 5.92 Å². The Morgan fingerprint density at radius 2 is 2.14 bits per heavy atom. The summed E-state index contributed by atoms with van der Waals surface area (Å²) in [6, 6.07) is 8.45. The molecule has 28 heavy (non-hydrogen) atoms. The topological polar surface area (TPSA) is 79.6 Å². The molecule has 1 aliphatic heterocycles. The van der Waals surface area contributed by atoms with E-state index in [9.17, 15) is 9.59 Å². The van der Waals surface area contributed by atoms with Crippen LogP contribution in [-0.4, -0.2) is 33.6 Å². The summed E-state index contributed by atoms with van der Waals surface area (Å²) in [7, 11) is 0. The first-order chi connectivity index (χ1) is 13.5. The SMILES string of the molecule is CC1CCCN(c2nn3c(C(=O)NCc4ccc(Cl)cc4)cc(=O)nc3s2)C1. The van der Waals surface area contributed by atoms with Gasteiger partial charge in [-0.1, -0.05) is 42.0 Å². The maximum Gasteiger partial charge on any atom is 0.274 e. The van der Waals surface area contributed by atoms with E-state index in [1.165, 1.54) is 28.3 Å². The number of hydrogen-bond donors (Lipinski definition) is 1. The molecule has 3 aromatic rings. The molecule has 1 aliphatic rings. The molecule has 7 nitrogen and oxygen atoms in total. The molecule has 146 valence electrons. The largest absolute Gasteiger partial charge is 0.347 e. The van der Waals surface area contributed by atoms with Gasteiger partial charge in [0.2, 0.25) is 10.1 Å². The molecule has 0 saturated carbocycles. The zero-order valence-electron chi connectivity index (χ0n) is 15.4. The molecule has 0 radical (unpaired) electrons. The molecule has 1 unspecified atom stereocenters. The van der Waals surface area contributed by atoms with Crippen molar-refractivity contribution in [3.05, 3.63) is 57.0 Å². The number of carbonyl (C=O) groups is 1. The van der Waals surface area contributed by atoms with Gasteiger partial charge >= 0.3 is 0 Å². The van der Waals surface area contributed by atoms with Crippen LogP contribution in [-0.2, 0) is 6.54 Å². The molecule has 1 amide bonds. The van der Waals surface area contributed by atoms with Crippen LogP contribution in [0.4, 0.5) is 5.13 Å². The lowest BCUT2D eigenvalue weighted by atomic mass is 10.0. The van der Waals surface area contributed by atoms with E-state index in [1.807, 2.05) is 12.1 Å². The van der Waals surface area contributed by atoms with E-state index in [1.54, 1.807) is 12.1 Å². The Morgan fingerprint density at radius 3 is 2.89 bits per heavy atom. The van der Waals surface area contributed by atoms with Gasteiger partial charge in [0.15, 0.2) is 0 Å². The van der Waals surface area contributed by atoms with Gasteiger partial charge in [0.1, 0.15) is 5.69 Å². The summed E-state index contributed by atoms with van der Waals surface area (Å²) < 4.78 is 1.47. The van der Waals surface area contributed by atoms with Crippen LogP contribution >= 0.6 is 22.9 Å². The van der Waals surface area contributed by atoms with Crippen molar-refractivity contribution in [1.82, 2.24) is 19.9 Å². The minimum absolute atomic E-state index is 0.191. The lowest BCUT2D eigenvalue weighted by molar-refractivity contribution is 0.0943. The molecule has 2 aromatic heterocycles. The van der Waals surface area contributed by atoms with Crippen LogP contribution in [0.2, 0.25) is 5.02 Å². The highest BCUT2D eigenvalue weighted by molar-refractivity contribution is 7.20. The average molecular weight is 418 g/mol. The Kier molecular flexibility index (Phi) is 5.32. The number of rotatable bonds is 4. The van der Waals surface area contributed by atoms with Gasteiger partial charge in [0.25, 0.3) is 11.5 Å². The number of benzene rings is 1. The summed E-state index contributed by atoms with van der Waals surface area (Å²) in [5.41, 5.74) is 0.659. The molecule has 9 heteroatoms. The number of nitrogens with zero attached hydrogens (tertiary/aromatic N) is 4. The van der Waals surface area contributed by atoms with Crippen LogP contribution in [0, 0.1) is 5.92 Å². The number of aromatic nitrogens is 3. The van der Waals surface area contributed by atoms with Crippen molar-refractivity contribution in [3.63, 3.8) is 0 Å². The third-order valence-electron chi connectivity index (χ3n) is 4.77. The molecule has 0 aliphatic carbocycles. The molecular formula is C19H20ClN5O2S. The van der Waals surface area contributed by atoms with Crippen molar-refractivity contribution in [1.29, 1.82) is 0 Å². The normalized spacial score (nSPS) is 17.1. The van der Waals surface area contributed by atoms with Gasteiger partial charge in [-0.2, -0.15) is 9.50 Å². The fourth-order valence-corrected chi connectivity index (χ4v) is 4.40. The predicted molar refractivity (Wildman–Crippen MR) is 110 cm³/mol. The predicted octanol–water partition coefficient (Wildman–Crippen LogP) is 2.97. The van der Waals surface area contributed by atoms with E-state index in [2.05, 4.69) is 27.2 Å². The zero-order chi connectivity index (χ0) is 19.7. The van der Waals surface area contributed by atoms with Crippen LogP contribution < -0.4 is 15.8 Å². The second-order valence-electron chi connectivity index (χ2n) is 7.06. The molecule has 1 atom stereocenters. The summed E-state index contributed by atoms with van der Waals surface area (Å²) in [5.74, 6) is 0.226. The number of piperidine rings is 1. The first-order valence-corrected chi connectivity index (χ1v) is 10.4. The summed E-state index contributed by atoms with van der Waals surface area (Å²) in [6.07, 6.45) is 2.31. The molecule has 3 heterocycles. The number of anilines is 1. The van der Waals surface area contributed by atoms with Gasteiger partial charge in [0.05, 0.1) is 0 Å². The van der Waals surface area contributed by atoms with Crippen molar-refractivity contribution in [2.45, 2.75) is 26.3 Å². The van der Waals surface area contributed by atoms with Gasteiger partial charge in [-0.15, -0.1) is 5.10 Å². The maximum absolute atomic E-state index is 12.7. The summed E-state index contributed by atoms with van der Waals surface area (Å²) in [6.45, 7) is 4.39. The molecule has 1 aromatic carbocycles.